The molecule has 4 nitrogen and oxygen atoms in total. The van der Waals surface area contributed by atoms with Gasteiger partial charge in [-0.15, -0.1) is 0 Å². The van der Waals surface area contributed by atoms with Gasteiger partial charge in [0.25, 0.3) is 0 Å². The van der Waals surface area contributed by atoms with E-state index in [-0.39, 0.29) is 0 Å². The third-order valence-corrected chi connectivity index (χ3v) is 5.48. The molecule has 1 N–H and O–H groups in total. The van der Waals surface area contributed by atoms with Crippen molar-refractivity contribution in [3.05, 3.63) is 0 Å². The summed E-state index contributed by atoms with van der Waals surface area (Å²) in [7, 11) is 0. The minimum absolute atomic E-state index is 0.428. The summed E-state index contributed by atoms with van der Waals surface area (Å²) >= 11 is 0. The van der Waals surface area contributed by atoms with Crippen molar-refractivity contribution in [3.8, 4) is 0 Å². The van der Waals surface area contributed by atoms with Crippen LogP contribution in [0.15, 0.2) is 0 Å². The molecule has 2 rings (SSSR count). The van der Waals surface area contributed by atoms with E-state index in [4.69, 9.17) is 4.74 Å². The molecule has 2 aliphatic rings. The topological polar surface area (TPSA) is 63.6 Å². The number of rotatable bonds is 4. The molecule has 0 aromatic rings. The zero-order valence-electron chi connectivity index (χ0n) is 13.2. The van der Waals surface area contributed by atoms with Crippen molar-refractivity contribution in [3.63, 3.8) is 0 Å². The quantitative estimate of drug-likeness (QED) is 0.627. The predicted molar refractivity (Wildman–Crippen MR) is 80.0 cm³/mol. The van der Waals surface area contributed by atoms with Crippen LogP contribution in [0.1, 0.15) is 84.0 Å². The molecule has 21 heavy (non-hydrogen) atoms. The summed E-state index contributed by atoms with van der Waals surface area (Å²) in [6.45, 7) is 2.05. The van der Waals surface area contributed by atoms with Crippen molar-refractivity contribution in [2.75, 3.05) is 0 Å². The average molecular weight is 296 g/mol. The van der Waals surface area contributed by atoms with Gasteiger partial charge in [-0.3, -0.25) is 9.59 Å². The van der Waals surface area contributed by atoms with Crippen LogP contribution in [0, 0.1) is 5.41 Å². The number of esters is 1. The summed E-state index contributed by atoms with van der Waals surface area (Å²) in [5.41, 5.74) is -1.70. The lowest BCUT2D eigenvalue weighted by molar-refractivity contribution is -0.182. The van der Waals surface area contributed by atoms with Gasteiger partial charge in [0.05, 0.1) is 0 Å². The van der Waals surface area contributed by atoms with E-state index in [0.29, 0.717) is 12.8 Å². The zero-order chi connectivity index (χ0) is 15.3. The summed E-state index contributed by atoms with van der Waals surface area (Å²) in [6.07, 6.45) is 10.8. The SMILES string of the molecule is CCC1(OC(=O)C2(C(=O)O)CCCC2)CCCCCCC1. The van der Waals surface area contributed by atoms with Crippen molar-refractivity contribution in [1.82, 2.24) is 0 Å². The van der Waals surface area contributed by atoms with E-state index < -0.39 is 23.0 Å². The molecule has 0 amide bonds. The number of carboxylic acid groups (broad SMARTS) is 1. The number of hydrogen-bond acceptors (Lipinski definition) is 3. The first-order valence-electron chi connectivity index (χ1n) is 8.51. The molecule has 120 valence electrons. The van der Waals surface area contributed by atoms with Gasteiger partial charge in [0.1, 0.15) is 5.60 Å². The highest BCUT2D eigenvalue weighted by atomic mass is 16.6. The lowest BCUT2D eigenvalue weighted by atomic mass is 9.83. The summed E-state index contributed by atoms with van der Waals surface area (Å²) in [5, 5.41) is 9.52. The molecule has 2 fully saturated rings. The van der Waals surface area contributed by atoms with Crippen LogP contribution >= 0.6 is 0 Å². The van der Waals surface area contributed by atoms with Gasteiger partial charge < -0.3 is 9.84 Å². The van der Waals surface area contributed by atoms with Crippen molar-refractivity contribution in [2.45, 2.75) is 89.6 Å². The Hall–Kier alpha value is -1.06. The second-order valence-corrected chi connectivity index (χ2v) is 6.79. The molecule has 2 aliphatic carbocycles. The van der Waals surface area contributed by atoms with E-state index in [1.54, 1.807) is 0 Å². The average Bonchev–Trinajstić information content (AvgIpc) is 2.93. The smallest absolute Gasteiger partial charge is 0.324 e. The van der Waals surface area contributed by atoms with E-state index in [2.05, 4.69) is 6.92 Å². The van der Waals surface area contributed by atoms with Crippen molar-refractivity contribution in [1.29, 1.82) is 0 Å². The van der Waals surface area contributed by atoms with E-state index in [1.165, 1.54) is 19.3 Å². The van der Waals surface area contributed by atoms with Crippen LogP contribution in [0.5, 0.6) is 0 Å². The van der Waals surface area contributed by atoms with Gasteiger partial charge in [-0.2, -0.15) is 0 Å². The molecule has 0 radical (unpaired) electrons. The van der Waals surface area contributed by atoms with E-state index in [9.17, 15) is 14.7 Å². The van der Waals surface area contributed by atoms with Crippen molar-refractivity contribution in [2.24, 2.45) is 5.41 Å². The maximum atomic E-state index is 12.6. The highest BCUT2D eigenvalue weighted by molar-refractivity contribution is 5.99. The first kappa shape index (κ1) is 16.3. The van der Waals surface area contributed by atoms with Gasteiger partial charge in [-0.05, 0) is 44.9 Å². The number of carbonyl (C=O) groups excluding carboxylic acids is 1. The Kier molecular flexibility index (Phi) is 5.28. The summed E-state index contributed by atoms with van der Waals surface area (Å²) in [5.74, 6) is -1.47. The predicted octanol–water partition coefficient (Wildman–Crippen LogP) is 4.07. The number of hydrogen-bond donors (Lipinski definition) is 1. The number of ether oxygens (including phenoxy) is 1. The maximum Gasteiger partial charge on any atom is 0.324 e. The van der Waals surface area contributed by atoms with E-state index >= 15 is 0 Å². The third kappa shape index (κ3) is 3.41. The molecule has 2 saturated carbocycles. The fourth-order valence-corrected chi connectivity index (χ4v) is 3.86. The van der Waals surface area contributed by atoms with Crippen LogP contribution in [0.2, 0.25) is 0 Å². The van der Waals surface area contributed by atoms with Crippen molar-refractivity contribution >= 4 is 11.9 Å². The lowest BCUT2D eigenvalue weighted by Gasteiger charge is -2.37. The van der Waals surface area contributed by atoms with Crippen LogP contribution in [-0.4, -0.2) is 22.6 Å². The second-order valence-electron chi connectivity index (χ2n) is 6.79. The van der Waals surface area contributed by atoms with Crippen LogP contribution in [0.25, 0.3) is 0 Å². The Balaban J connectivity index is 2.12. The highest BCUT2D eigenvalue weighted by Crippen LogP contribution is 2.42. The molecule has 0 unspecified atom stereocenters. The van der Waals surface area contributed by atoms with Gasteiger partial charge >= 0.3 is 11.9 Å². The van der Waals surface area contributed by atoms with Crippen LogP contribution in [-0.2, 0) is 14.3 Å². The number of aliphatic carboxylic acids is 1. The first-order valence-corrected chi connectivity index (χ1v) is 8.51. The van der Waals surface area contributed by atoms with Gasteiger partial charge in [-0.1, -0.05) is 39.0 Å². The number of carbonyl (C=O) groups is 2. The molecule has 0 aromatic carbocycles. The largest absolute Gasteiger partial charge is 0.480 e. The van der Waals surface area contributed by atoms with Gasteiger partial charge in [0.2, 0.25) is 0 Å². The maximum absolute atomic E-state index is 12.6. The van der Waals surface area contributed by atoms with Crippen LogP contribution in [0.3, 0.4) is 0 Å². The lowest BCUT2D eigenvalue weighted by Crippen LogP contribution is -2.44. The molecule has 0 saturated heterocycles. The minimum Gasteiger partial charge on any atom is -0.480 e. The Morgan fingerprint density at radius 1 is 0.905 bits per heavy atom. The molecule has 0 aromatic heterocycles. The summed E-state index contributed by atoms with van der Waals surface area (Å²) < 4.78 is 5.89. The molecule has 4 heteroatoms. The molecule has 0 spiro atoms. The number of carboxylic acids is 1. The Labute approximate surface area is 127 Å². The zero-order valence-corrected chi connectivity index (χ0v) is 13.2. The molecular formula is C17H28O4. The van der Waals surface area contributed by atoms with E-state index in [0.717, 1.165) is 44.9 Å². The Morgan fingerprint density at radius 2 is 1.38 bits per heavy atom. The van der Waals surface area contributed by atoms with Crippen molar-refractivity contribution < 1.29 is 19.4 Å². The summed E-state index contributed by atoms with van der Waals surface area (Å²) in [4.78, 5) is 24.3. The molecule has 0 heterocycles. The molecule has 0 aliphatic heterocycles. The molecule has 0 atom stereocenters. The Bertz CT molecular complexity index is 374. The first-order chi connectivity index (χ1) is 10.0. The normalized spacial score (nSPS) is 24.8. The Morgan fingerprint density at radius 3 is 1.86 bits per heavy atom. The minimum atomic E-state index is -1.27. The fourth-order valence-electron chi connectivity index (χ4n) is 3.86. The van der Waals surface area contributed by atoms with Gasteiger partial charge in [0.15, 0.2) is 5.41 Å². The molecular weight excluding hydrogens is 268 g/mol. The molecule has 0 bridgehead atoms. The third-order valence-electron chi connectivity index (χ3n) is 5.48. The van der Waals surface area contributed by atoms with Crippen LogP contribution in [0.4, 0.5) is 0 Å². The summed E-state index contributed by atoms with van der Waals surface area (Å²) in [6, 6.07) is 0. The van der Waals surface area contributed by atoms with Gasteiger partial charge in [-0.25, -0.2) is 0 Å². The fraction of sp³-hybridized carbons (Fsp3) is 0.882. The second kappa shape index (κ2) is 6.80. The van der Waals surface area contributed by atoms with Crippen LogP contribution < -0.4 is 0 Å². The monoisotopic (exact) mass is 296 g/mol. The standard InChI is InChI=1S/C17H28O4/c1-2-16(10-6-4-3-5-7-11-16)21-15(20)17(14(18)19)12-8-9-13-17/h2-13H2,1H3,(H,18,19). The highest BCUT2D eigenvalue weighted by Gasteiger charge is 2.51. The van der Waals surface area contributed by atoms with E-state index in [1.807, 2.05) is 0 Å². The van der Waals surface area contributed by atoms with Gasteiger partial charge in [0, 0.05) is 0 Å².